The molecule has 1 heterocycles. The molecule has 5 rings (SSSR count). The molecule has 1 atom stereocenters. The van der Waals surface area contributed by atoms with Gasteiger partial charge in [0.15, 0.2) is 0 Å². The molecule has 226 valence electrons. The minimum Gasteiger partial charge on any atom is -0.465 e. The summed E-state index contributed by atoms with van der Waals surface area (Å²) in [5.74, 6) is -0.669. The average Bonchev–Trinajstić information content (AvgIpc) is 3.76. The zero-order valence-electron chi connectivity index (χ0n) is 23.0. The van der Waals surface area contributed by atoms with E-state index in [0.29, 0.717) is 36.8 Å². The van der Waals surface area contributed by atoms with Gasteiger partial charge >= 0.3 is 12.1 Å². The van der Waals surface area contributed by atoms with Crippen LogP contribution in [0.4, 0.5) is 13.2 Å². The molecule has 0 bridgehead atoms. The summed E-state index contributed by atoms with van der Waals surface area (Å²) < 4.78 is 75.1. The van der Waals surface area contributed by atoms with Crippen molar-refractivity contribution in [2.45, 2.75) is 38.0 Å². The molecule has 1 aliphatic rings. The lowest BCUT2D eigenvalue weighted by atomic mass is 9.97. The number of alkyl halides is 3. The molecule has 13 heteroatoms. The van der Waals surface area contributed by atoms with Crippen molar-refractivity contribution in [2.24, 2.45) is 0 Å². The van der Waals surface area contributed by atoms with Crippen LogP contribution in [-0.4, -0.2) is 39.1 Å². The molecule has 43 heavy (non-hydrogen) atoms. The number of esters is 1. The van der Waals surface area contributed by atoms with Gasteiger partial charge in [0.2, 0.25) is 11.3 Å². The van der Waals surface area contributed by atoms with E-state index >= 15 is 0 Å². The molecule has 4 aromatic rings. The van der Waals surface area contributed by atoms with E-state index in [1.54, 1.807) is 24.3 Å². The topological polar surface area (TPSA) is 109 Å². The fourth-order valence-electron chi connectivity index (χ4n) is 4.97. The quantitative estimate of drug-likeness (QED) is 0.111. The lowest BCUT2D eigenvalue weighted by molar-refractivity contribution is -0.137. The molecule has 0 spiro atoms. The van der Waals surface area contributed by atoms with Gasteiger partial charge in [0, 0.05) is 34.7 Å². The Hall–Kier alpha value is -3.27. The number of furan rings is 1. The number of rotatable bonds is 9. The Labute approximate surface area is 261 Å². The average molecular weight is 727 g/mol. The van der Waals surface area contributed by atoms with Crippen molar-refractivity contribution in [3.63, 3.8) is 0 Å². The molecule has 1 saturated carbocycles. The summed E-state index contributed by atoms with van der Waals surface area (Å²) in [4.78, 5) is 25.2. The highest BCUT2D eigenvalue weighted by Gasteiger charge is 2.32. The summed E-state index contributed by atoms with van der Waals surface area (Å²) in [6.45, 7) is 0.0979. The van der Waals surface area contributed by atoms with Gasteiger partial charge in [0.1, 0.15) is 11.3 Å². The van der Waals surface area contributed by atoms with Crippen LogP contribution < -0.4 is 5.32 Å². The lowest BCUT2D eigenvalue weighted by Gasteiger charge is -2.20. The first-order chi connectivity index (χ1) is 20.4. The molecule has 0 radical (unpaired) electrons. The molecule has 0 aliphatic heterocycles. The standard InChI is InChI=1S/C30H26F3IN2O6S/c1-35-28(37)26-23-13-21(17-4-5-17)19(12-25(23)42-27(26)18-6-8-20(9-7-18)30(31,32)33)15-36(43(39)40)14-16-3-10-24(34)22(11-16)29(38)41-2/h3,6-13,17H,4-5,14-15H2,1-2H3,(H,35,37)(H,39,40). The Morgan fingerprint density at radius 1 is 1.12 bits per heavy atom. The van der Waals surface area contributed by atoms with Crippen LogP contribution in [0.25, 0.3) is 22.3 Å². The number of ether oxygens (including phenoxy) is 1. The second-order valence-corrected chi connectivity index (χ2v) is 12.3. The number of halogens is 4. The number of carbonyl (C=O) groups excluding carboxylic acids is 2. The lowest BCUT2D eigenvalue weighted by Crippen LogP contribution is -2.25. The maximum absolute atomic E-state index is 13.2. The molecule has 1 fully saturated rings. The molecule has 8 nitrogen and oxygen atoms in total. The van der Waals surface area contributed by atoms with Crippen molar-refractivity contribution in [1.29, 1.82) is 0 Å². The number of hydrogen-bond donors (Lipinski definition) is 2. The number of hydrogen-bond acceptors (Lipinski definition) is 5. The smallest absolute Gasteiger partial charge is 0.416 e. The van der Waals surface area contributed by atoms with E-state index in [4.69, 9.17) is 9.15 Å². The van der Waals surface area contributed by atoms with E-state index in [2.05, 4.69) is 5.32 Å². The molecule has 0 saturated heterocycles. The largest absolute Gasteiger partial charge is 0.465 e. The zero-order chi connectivity index (χ0) is 31.1. The van der Waals surface area contributed by atoms with Crippen LogP contribution >= 0.6 is 22.6 Å². The fraction of sp³-hybridized carbons (Fsp3) is 0.267. The van der Waals surface area contributed by atoms with Gasteiger partial charge in [0.25, 0.3) is 5.91 Å². The molecular formula is C30H26F3IN2O6S. The highest BCUT2D eigenvalue weighted by atomic mass is 127. The Balaban J connectivity index is 1.56. The zero-order valence-corrected chi connectivity index (χ0v) is 25.9. The van der Waals surface area contributed by atoms with Crippen LogP contribution in [0.15, 0.2) is 59.0 Å². The van der Waals surface area contributed by atoms with Crippen LogP contribution in [0.2, 0.25) is 0 Å². The number of amides is 1. The normalized spacial score (nSPS) is 14.2. The molecule has 1 aromatic heterocycles. The van der Waals surface area contributed by atoms with Crippen LogP contribution in [0.1, 0.15) is 61.7 Å². The van der Waals surface area contributed by atoms with E-state index < -0.39 is 34.9 Å². The van der Waals surface area contributed by atoms with E-state index in [9.17, 15) is 31.5 Å². The SMILES string of the molecule is CNC(=O)c1c(-c2ccc(C(F)(F)F)cc2)oc2cc(CN(Cc3ccc(I)c(C(=O)OC)c3)S(=O)O)c(C3CC3)cc12. The molecule has 1 amide bonds. The monoisotopic (exact) mass is 726 g/mol. The van der Waals surface area contributed by atoms with Crippen LogP contribution in [0.5, 0.6) is 0 Å². The minimum atomic E-state index is -4.51. The first-order valence-corrected chi connectivity index (χ1v) is 15.3. The Bertz CT molecular complexity index is 1730. The molecule has 2 N–H and O–H groups in total. The summed E-state index contributed by atoms with van der Waals surface area (Å²) in [6, 6.07) is 13.1. The van der Waals surface area contributed by atoms with Crippen LogP contribution in [0, 0.1) is 3.57 Å². The third-order valence-corrected chi connectivity index (χ3v) is 8.90. The van der Waals surface area contributed by atoms with E-state index in [0.717, 1.165) is 30.5 Å². The second kappa shape index (κ2) is 12.4. The summed E-state index contributed by atoms with van der Waals surface area (Å²) >= 11 is -0.366. The second-order valence-electron chi connectivity index (χ2n) is 10.1. The fourth-order valence-corrected chi connectivity index (χ4v) is 6.04. The summed E-state index contributed by atoms with van der Waals surface area (Å²) in [7, 11) is 2.74. The molecular weight excluding hydrogens is 700 g/mol. The van der Waals surface area contributed by atoms with Crippen molar-refractivity contribution in [1.82, 2.24) is 9.62 Å². The summed E-state index contributed by atoms with van der Waals surface area (Å²) in [5, 5.41) is 3.08. The predicted molar refractivity (Wildman–Crippen MR) is 163 cm³/mol. The number of fused-ring (bicyclic) bond motifs is 1. The third kappa shape index (κ3) is 6.64. The van der Waals surface area contributed by atoms with E-state index in [-0.39, 0.29) is 30.3 Å². The number of carbonyl (C=O) groups is 2. The Morgan fingerprint density at radius 2 is 1.81 bits per heavy atom. The number of methoxy groups -OCH3 is 1. The van der Waals surface area contributed by atoms with Crippen molar-refractivity contribution < 1.29 is 40.7 Å². The van der Waals surface area contributed by atoms with Gasteiger partial charge in [-0.3, -0.25) is 9.35 Å². The molecule has 1 aliphatic carbocycles. The first kappa shape index (κ1) is 31.2. The van der Waals surface area contributed by atoms with Gasteiger partial charge in [-0.2, -0.15) is 17.5 Å². The van der Waals surface area contributed by atoms with E-state index in [1.165, 1.54) is 30.6 Å². The Morgan fingerprint density at radius 3 is 2.40 bits per heavy atom. The van der Waals surface area contributed by atoms with Crippen molar-refractivity contribution in [3.05, 3.63) is 91.5 Å². The predicted octanol–water partition coefficient (Wildman–Crippen LogP) is 6.89. The van der Waals surface area contributed by atoms with Gasteiger partial charge in [-0.15, -0.1) is 0 Å². The summed E-state index contributed by atoms with van der Waals surface area (Å²) in [6.07, 6.45) is -2.71. The van der Waals surface area contributed by atoms with Crippen molar-refractivity contribution in [2.75, 3.05) is 14.2 Å². The van der Waals surface area contributed by atoms with Gasteiger partial charge in [0.05, 0.1) is 23.8 Å². The van der Waals surface area contributed by atoms with Gasteiger partial charge in [-0.1, -0.05) is 18.2 Å². The van der Waals surface area contributed by atoms with Gasteiger partial charge in [-0.25, -0.2) is 9.00 Å². The van der Waals surface area contributed by atoms with Crippen molar-refractivity contribution >= 4 is 56.7 Å². The number of nitrogens with zero attached hydrogens (tertiary/aromatic N) is 1. The van der Waals surface area contributed by atoms with Crippen LogP contribution in [-0.2, 0) is 35.3 Å². The molecule has 1 unspecified atom stereocenters. The third-order valence-electron chi connectivity index (χ3n) is 7.26. The number of benzene rings is 3. The minimum absolute atomic E-state index is 0.0462. The highest BCUT2D eigenvalue weighted by molar-refractivity contribution is 14.1. The van der Waals surface area contributed by atoms with Gasteiger partial charge < -0.3 is 14.5 Å². The highest BCUT2D eigenvalue weighted by Crippen LogP contribution is 2.45. The van der Waals surface area contributed by atoms with Gasteiger partial charge in [-0.05, 0) is 94.4 Å². The Kier molecular flexibility index (Phi) is 8.97. The number of nitrogens with one attached hydrogen (secondary N) is 1. The first-order valence-electron chi connectivity index (χ1n) is 13.1. The van der Waals surface area contributed by atoms with E-state index in [1.807, 2.05) is 28.7 Å². The summed E-state index contributed by atoms with van der Waals surface area (Å²) in [5.41, 5.74) is 2.57. The maximum atomic E-state index is 13.2. The van der Waals surface area contributed by atoms with Crippen LogP contribution in [0.3, 0.4) is 0 Å². The maximum Gasteiger partial charge on any atom is 0.416 e. The molecule has 3 aromatic carbocycles. The van der Waals surface area contributed by atoms with Crippen molar-refractivity contribution in [3.8, 4) is 11.3 Å².